The minimum absolute atomic E-state index is 0.103. The molecule has 3 atom stereocenters. The van der Waals surface area contributed by atoms with Crippen LogP contribution in [0.2, 0.25) is 0 Å². The number of benzene rings is 1. The van der Waals surface area contributed by atoms with Gasteiger partial charge in [-0.1, -0.05) is 37.0 Å². The van der Waals surface area contributed by atoms with E-state index in [4.69, 9.17) is 4.74 Å². The fourth-order valence-corrected chi connectivity index (χ4v) is 5.63. The summed E-state index contributed by atoms with van der Waals surface area (Å²) in [4.78, 5) is 12.5. The van der Waals surface area contributed by atoms with Gasteiger partial charge in [0.15, 0.2) is 0 Å². The van der Waals surface area contributed by atoms with Crippen molar-refractivity contribution in [2.75, 3.05) is 13.2 Å². The minimum Gasteiger partial charge on any atom is -0.394 e. The molecule has 1 aliphatic heterocycles. The lowest BCUT2D eigenvalue weighted by Crippen LogP contribution is -2.51. The summed E-state index contributed by atoms with van der Waals surface area (Å²) in [5, 5.41) is 12.8. The lowest BCUT2D eigenvalue weighted by molar-refractivity contribution is -0.126. The van der Waals surface area contributed by atoms with E-state index in [9.17, 15) is 18.3 Å². The first-order chi connectivity index (χ1) is 14.4. The first kappa shape index (κ1) is 23.2. The quantitative estimate of drug-likeness (QED) is 0.578. The highest BCUT2D eigenvalue weighted by Gasteiger charge is 2.34. The second-order valence-corrected chi connectivity index (χ2v) is 10.2. The van der Waals surface area contributed by atoms with Crippen LogP contribution in [-0.4, -0.2) is 50.8 Å². The fraction of sp³-hybridized carbons (Fsp3) is 0.682. The predicted molar refractivity (Wildman–Crippen MR) is 114 cm³/mol. The van der Waals surface area contributed by atoms with Crippen LogP contribution in [0.15, 0.2) is 29.2 Å². The maximum atomic E-state index is 12.7. The molecule has 3 N–H and O–H groups in total. The van der Waals surface area contributed by atoms with E-state index in [-0.39, 0.29) is 29.4 Å². The number of ether oxygens (including phenoxy) is 1. The van der Waals surface area contributed by atoms with Crippen LogP contribution in [0.3, 0.4) is 0 Å². The molecule has 0 aromatic heterocycles. The molecule has 1 heterocycles. The summed E-state index contributed by atoms with van der Waals surface area (Å²) in [5.74, 6) is 0.268. The van der Waals surface area contributed by atoms with Crippen molar-refractivity contribution in [1.82, 2.24) is 10.0 Å². The molecule has 1 saturated heterocycles. The van der Waals surface area contributed by atoms with Gasteiger partial charge in [0, 0.05) is 12.5 Å². The molecule has 0 radical (unpaired) electrons. The van der Waals surface area contributed by atoms with Crippen molar-refractivity contribution >= 4 is 15.9 Å². The maximum absolute atomic E-state index is 12.7. The van der Waals surface area contributed by atoms with Crippen molar-refractivity contribution in [3.63, 3.8) is 0 Å². The van der Waals surface area contributed by atoms with E-state index in [0.29, 0.717) is 25.8 Å². The van der Waals surface area contributed by atoms with Crippen molar-refractivity contribution < 1.29 is 23.1 Å². The number of carbonyl (C=O) groups excluding carboxylic acids is 1. The van der Waals surface area contributed by atoms with Gasteiger partial charge in [-0.15, -0.1) is 0 Å². The van der Waals surface area contributed by atoms with Gasteiger partial charge in [-0.05, 0) is 51.2 Å². The van der Waals surface area contributed by atoms with Crippen molar-refractivity contribution in [3.8, 4) is 0 Å². The van der Waals surface area contributed by atoms with Crippen molar-refractivity contribution in [3.05, 3.63) is 29.8 Å². The molecule has 1 aromatic carbocycles. The molecule has 168 valence electrons. The molecule has 0 spiro atoms. The average Bonchev–Trinajstić information content (AvgIpc) is 2.75. The van der Waals surface area contributed by atoms with Crippen LogP contribution in [0, 0.1) is 12.8 Å². The second kappa shape index (κ2) is 10.7. The smallest absolute Gasteiger partial charge is 0.240 e. The molecule has 1 amide bonds. The Morgan fingerprint density at radius 1 is 1.10 bits per heavy atom. The van der Waals surface area contributed by atoms with E-state index in [1.807, 2.05) is 6.92 Å². The lowest BCUT2D eigenvalue weighted by Gasteiger charge is -2.36. The number of aryl methyl sites for hydroxylation is 1. The van der Waals surface area contributed by atoms with E-state index >= 15 is 0 Å². The highest BCUT2D eigenvalue weighted by molar-refractivity contribution is 7.89. The molecule has 0 bridgehead atoms. The first-order valence-corrected chi connectivity index (χ1v) is 12.5. The van der Waals surface area contributed by atoms with Crippen molar-refractivity contribution in [1.29, 1.82) is 0 Å². The number of carbonyl (C=O) groups is 1. The second-order valence-electron chi connectivity index (χ2n) is 8.51. The Kier molecular flexibility index (Phi) is 8.27. The van der Waals surface area contributed by atoms with Crippen LogP contribution in [0.25, 0.3) is 0 Å². The highest BCUT2D eigenvalue weighted by Crippen LogP contribution is 2.25. The molecule has 7 nitrogen and oxygen atoms in total. The van der Waals surface area contributed by atoms with Crippen LogP contribution in [0.5, 0.6) is 0 Å². The molecule has 30 heavy (non-hydrogen) atoms. The number of nitrogens with one attached hydrogen (secondary N) is 2. The Balaban J connectivity index is 1.47. The topological polar surface area (TPSA) is 105 Å². The molecule has 8 heteroatoms. The van der Waals surface area contributed by atoms with Gasteiger partial charge in [0.05, 0.1) is 29.8 Å². The number of aliphatic hydroxyl groups excluding tert-OH is 1. The van der Waals surface area contributed by atoms with Gasteiger partial charge >= 0.3 is 0 Å². The first-order valence-electron chi connectivity index (χ1n) is 11.0. The molecule has 2 aliphatic rings. The molecule has 0 unspecified atom stereocenters. The predicted octanol–water partition coefficient (Wildman–Crippen LogP) is 2.27. The third-order valence-electron chi connectivity index (χ3n) is 6.17. The number of rotatable bonds is 8. The average molecular weight is 439 g/mol. The zero-order chi connectivity index (χ0) is 21.6. The van der Waals surface area contributed by atoms with Crippen LogP contribution in [0.4, 0.5) is 0 Å². The van der Waals surface area contributed by atoms with Crippen LogP contribution in [0.1, 0.15) is 56.9 Å². The van der Waals surface area contributed by atoms with E-state index in [1.54, 1.807) is 24.3 Å². The van der Waals surface area contributed by atoms with Gasteiger partial charge in [0.25, 0.3) is 0 Å². The Morgan fingerprint density at radius 2 is 1.80 bits per heavy atom. The molecular formula is C22H34N2O5S. The summed E-state index contributed by atoms with van der Waals surface area (Å²) in [6.45, 7) is 2.18. The van der Waals surface area contributed by atoms with Crippen molar-refractivity contribution in [2.45, 2.75) is 81.4 Å². The van der Waals surface area contributed by atoms with Gasteiger partial charge < -0.3 is 15.2 Å². The summed E-state index contributed by atoms with van der Waals surface area (Å²) in [5.41, 5.74) is 0.988. The van der Waals surface area contributed by atoms with Crippen molar-refractivity contribution in [2.24, 2.45) is 5.92 Å². The SMILES string of the molecule is Cc1ccc(S(=O)(=O)N[C@@H]2CC[C@@H](CCNC(=O)C3CCCCC3)O[C@H]2CO)cc1. The normalized spacial score (nSPS) is 25.7. The Hall–Kier alpha value is -1.48. The number of aliphatic hydroxyl groups is 1. The van der Waals surface area contributed by atoms with Gasteiger partial charge in [-0.3, -0.25) is 4.79 Å². The molecule has 1 saturated carbocycles. The summed E-state index contributed by atoms with van der Waals surface area (Å²) in [7, 11) is -3.68. The van der Waals surface area contributed by atoms with Gasteiger partial charge in [-0.2, -0.15) is 0 Å². The summed E-state index contributed by atoms with van der Waals surface area (Å²) in [6.07, 6.45) is 6.64. The van der Waals surface area contributed by atoms with Gasteiger partial charge in [-0.25, -0.2) is 13.1 Å². The van der Waals surface area contributed by atoms with E-state index in [2.05, 4.69) is 10.0 Å². The highest BCUT2D eigenvalue weighted by atomic mass is 32.2. The standard InChI is InChI=1S/C22H34N2O5S/c1-16-7-10-19(11-8-16)30(27,28)24-20-12-9-18(29-21(20)15-25)13-14-23-22(26)17-5-3-2-4-6-17/h7-8,10-11,17-18,20-21,24-25H,2-6,9,12-15H2,1H3,(H,23,26)/t18-,20+,21-/m0/s1. The minimum atomic E-state index is -3.68. The van der Waals surface area contributed by atoms with Gasteiger partial charge in [0.1, 0.15) is 0 Å². The van der Waals surface area contributed by atoms with E-state index in [0.717, 1.165) is 31.2 Å². The molecular weight excluding hydrogens is 404 g/mol. The summed E-state index contributed by atoms with van der Waals surface area (Å²) < 4.78 is 33.9. The van der Waals surface area contributed by atoms with Crippen LogP contribution in [-0.2, 0) is 19.6 Å². The summed E-state index contributed by atoms with van der Waals surface area (Å²) >= 11 is 0. The largest absolute Gasteiger partial charge is 0.394 e. The lowest BCUT2D eigenvalue weighted by atomic mass is 9.88. The number of sulfonamides is 1. The molecule has 1 aromatic rings. The summed E-state index contributed by atoms with van der Waals surface area (Å²) in [6, 6.07) is 6.19. The Morgan fingerprint density at radius 3 is 2.47 bits per heavy atom. The van der Waals surface area contributed by atoms with Gasteiger partial charge in [0.2, 0.25) is 15.9 Å². The Bertz CT molecular complexity index is 790. The zero-order valence-electron chi connectivity index (χ0n) is 17.7. The number of amides is 1. The number of hydrogen-bond donors (Lipinski definition) is 3. The monoisotopic (exact) mass is 438 g/mol. The van der Waals surface area contributed by atoms with E-state index < -0.39 is 22.2 Å². The molecule has 2 fully saturated rings. The van der Waals surface area contributed by atoms with E-state index in [1.165, 1.54) is 6.42 Å². The third-order valence-corrected chi connectivity index (χ3v) is 7.68. The zero-order valence-corrected chi connectivity index (χ0v) is 18.5. The molecule has 1 aliphatic carbocycles. The van der Waals surface area contributed by atoms with Crippen LogP contribution < -0.4 is 10.0 Å². The maximum Gasteiger partial charge on any atom is 0.240 e. The third kappa shape index (κ3) is 6.26. The Labute approximate surface area is 179 Å². The number of hydrogen-bond acceptors (Lipinski definition) is 5. The molecule has 3 rings (SSSR count). The fourth-order valence-electron chi connectivity index (χ4n) is 4.33. The van der Waals surface area contributed by atoms with Crippen LogP contribution >= 0.6 is 0 Å².